The van der Waals surface area contributed by atoms with E-state index < -0.39 is 11.6 Å². The first-order valence-corrected chi connectivity index (χ1v) is 7.28. The summed E-state index contributed by atoms with van der Waals surface area (Å²) in [6, 6.07) is 2.72. The summed E-state index contributed by atoms with van der Waals surface area (Å²) < 4.78 is 32.1. The van der Waals surface area contributed by atoms with Crippen LogP contribution in [0.3, 0.4) is 0 Å². The van der Waals surface area contributed by atoms with Gasteiger partial charge in [0, 0.05) is 24.0 Å². The van der Waals surface area contributed by atoms with Crippen LogP contribution in [0.2, 0.25) is 0 Å². The summed E-state index contributed by atoms with van der Waals surface area (Å²) in [4.78, 5) is 6.68. The molecule has 0 amide bonds. The topological polar surface area (TPSA) is 25.4 Å². The second-order valence-corrected chi connectivity index (χ2v) is 5.49. The number of morpholine rings is 1. The number of aromatic nitrogens is 1. The van der Waals surface area contributed by atoms with Crippen molar-refractivity contribution < 1.29 is 13.5 Å². The van der Waals surface area contributed by atoms with Crippen LogP contribution in [0, 0.1) is 18.6 Å². The van der Waals surface area contributed by atoms with Crippen molar-refractivity contribution in [1.29, 1.82) is 0 Å². The minimum Gasteiger partial charge on any atom is -0.378 e. The Kier molecular flexibility index (Phi) is 3.67. The zero-order valence-electron chi connectivity index (χ0n) is 11.0. The van der Waals surface area contributed by atoms with Gasteiger partial charge in [0.1, 0.15) is 0 Å². The fourth-order valence-corrected chi connectivity index (χ4v) is 3.10. The first-order chi connectivity index (χ1) is 9.66. The highest BCUT2D eigenvalue weighted by Crippen LogP contribution is 2.31. The van der Waals surface area contributed by atoms with Gasteiger partial charge in [0.05, 0.1) is 18.9 Å². The molecular formula is C14H14F2N2OS. The number of hydrogen-bond donors (Lipinski definition) is 0. The number of hydrogen-bond acceptors (Lipinski definition) is 4. The molecule has 0 atom stereocenters. The standard InChI is InChI=1S/C14H14F2N2OS/c1-9-10(2-3-11(15)13(9)16)12-8-20-14(17-12)18-4-6-19-7-5-18/h2-3,8H,4-7H2,1H3. The lowest BCUT2D eigenvalue weighted by Gasteiger charge is -2.26. The zero-order valence-corrected chi connectivity index (χ0v) is 11.8. The van der Waals surface area contributed by atoms with Gasteiger partial charge in [0.2, 0.25) is 0 Å². The highest BCUT2D eigenvalue weighted by molar-refractivity contribution is 7.14. The van der Waals surface area contributed by atoms with Gasteiger partial charge in [-0.3, -0.25) is 0 Å². The van der Waals surface area contributed by atoms with Gasteiger partial charge in [-0.15, -0.1) is 11.3 Å². The molecule has 0 bridgehead atoms. The van der Waals surface area contributed by atoms with Gasteiger partial charge >= 0.3 is 0 Å². The van der Waals surface area contributed by atoms with Gasteiger partial charge in [-0.2, -0.15) is 0 Å². The minimum absolute atomic E-state index is 0.295. The van der Waals surface area contributed by atoms with Crippen molar-refractivity contribution in [2.45, 2.75) is 6.92 Å². The summed E-state index contributed by atoms with van der Waals surface area (Å²) in [5, 5.41) is 2.78. The van der Waals surface area contributed by atoms with Crippen molar-refractivity contribution in [1.82, 2.24) is 4.98 Å². The number of nitrogens with zero attached hydrogens (tertiary/aromatic N) is 2. The van der Waals surface area contributed by atoms with Crippen molar-refractivity contribution >= 4 is 16.5 Å². The van der Waals surface area contributed by atoms with Crippen LogP contribution in [0.5, 0.6) is 0 Å². The molecule has 0 N–H and O–H groups in total. The Bertz CT molecular complexity index is 624. The van der Waals surface area contributed by atoms with E-state index in [0.717, 1.165) is 24.3 Å². The number of rotatable bonds is 2. The Morgan fingerprint density at radius 3 is 2.75 bits per heavy atom. The summed E-state index contributed by atoms with van der Waals surface area (Å²) in [6.07, 6.45) is 0. The third-order valence-electron chi connectivity index (χ3n) is 3.39. The molecule has 106 valence electrons. The molecule has 1 aromatic heterocycles. The predicted molar refractivity (Wildman–Crippen MR) is 75.2 cm³/mol. The molecule has 20 heavy (non-hydrogen) atoms. The molecule has 3 rings (SSSR count). The summed E-state index contributed by atoms with van der Waals surface area (Å²) in [5.41, 5.74) is 1.62. The molecule has 1 aliphatic rings. The quantitative estimate of drug-likeness (QED) is 0.851. The van der Waals surface area contributed by atoms with E-state index in [9.17, 15) is 8.78 Å². The fraction of sp³-hybridized carbons (Fsp3) is 0.357. The fourth-order valence-electron chi connectivity index (χ4n) is 2.22. The average molecular weight is 296 g/mol. The third kappa shape index (κ3) is 2.41. The molecule has 0 unspecified atom stereocenters. The maximum atomic E-state index is 13.6. The Labute approximate surface area is 119 Å². The molecular weight excluding hydrogens is 282 g/mol. The number of anilines is 1. The van der Waals surface area contributed by atoms with E-state index in [1.807, 2.05) is 5.38 Å². The third-order valence-corrected chi connectivity index (χ3v) is 4.29. The monoisotopic (exact) mass is 296 g/mol. The van der Waals surface area contributed by atoms with Crippen LogP contribution in [0.4, 0.5) is 13.9 Å². The number of halogens is 2. The minimum atomic E-state index is -0.824. The van der Waals surface area contributed by atoms with Crippen molar-refractivity contribution in [3.8, 4) is 11.3 Å². The molecule has 1 saturated heterocycles. The van der Waals surface area contributed by atoms with Crippen LogP contribution >= 0.6 is 11.3 Å². The molecule has 1 aromatic carbocycles. The molecule has 0 spiro atoms. The van der Waals surface area contributed by atoms with Crippen LogP contribution in [-0.4, -0.2) is 31.3 Å². The van der Waals surface area contributed by atoms with Crippen LogP contribution in [0.1, 0.15) is 5.56 Å². The van der Waals surface area contributed by atoms with Crippen molar-refractivity contribution in [2.24, 2.45) is 0 Å². The van der Waals surface area contributed by atoms with Gasteiger partial charge in [0.15, 0.2) is 16.8 Å². The SMILES string of the molecule is Cc1c(-c2csc(N3CCOCC3)n2)ccc(F)c1F. The lowest BCUT2D eigenvalue weighted by atomic mass is 10.1. The van der Waals surface area contributed by atoms with Crippen molar-refractivity contribution in [3.05, 3.63) is 34.7 Å². The van der Waals surface area contributed by atoms with E-state index in [1.165, 1.54) is 11.3 Å². The average Bonchev–Trinajstić information content (AvgIpc) is 2.95. The highest BCUT2D eigenvalue weighted by Gasteiger charge is 2.17. The van der Waals surface area contributed by atoms with Gasteiger partial charge in [-0.05, 0) is 24.6 Å². The summed E-state index contributed by atoms with van der Waals surface area (Å²) in [7, 11) is 0. The van der Waals surface area contributed by atoms with E-state index >= 15 is 0 Å². The molecule has 0 radical (unpaired) electrons. The Morgan fingerprint density at radius 2 is 2.00 bits per heavy atom. The number of ether oxygens (including phenoxy) is 1. The Hall–Kier alpha value is -1.53. The van der Waals surface area contributed by atoms with Crippen LogP contribution in [-0.2, 0) is 4.74 Å². The van der Waals surface area contributed by atoms with Gasteiger partial charge in [-0.1, -0.05) is 0 Å². The number of thiazole rings is 1. The van der Waals surface area contributed by atoms with Crippen molar-refractivity contribution in [3.63, 3.8) is 0 Å². The second kappa shape index (κ2) is 5.46. The van der Waals surface area contributed by atoms with Crippen molar-refractivity contribution in [2.75, 3.05) is 31.2 Å². The molecule has 2 heterocycles. The summed E-state index contributed by atoms with van der Waals surface area (Å²) in [6.45, 7) is 4.58. The molecule has 3 nitrogen and oxygen atoms in total. The van der Waals surface area contributed by atoms with Gasteiger partial charge in [-0.25, -0.2) is 13.8 Å². The lowest BCUT2D eigenvalue weighted by molar-refractivity contribution is 0.122. The molecule has 6 heteroatoms. The molecule has 2 aromatic rings. The van der Waals surface area contributed by atoms with E-state index in [4.69, 9.17) is 4.74 Å². The normalized spacial score (nSPS) is 15.7. The first-order valence-electron chi connectivity index (χ1n) is 6.40. The molecule has 0 saturated carbocycles. The molecule has 1 aliphatic heterocycles. The Balaban J connectivity index is 1.92. The summed E-state index contributed by atoms with van der Waals surface area (Å²) >= 11 is 1.51. The molecule has 1 fully saturated rings. The Morgan fingerprint density at radius 1 is 1.25 bits per heavy atom. The van der Waals surface area contributed by atoms with E-state index in [2.05, 4.69) is 9.88 Å². The predicted octanol–water partition coefficient (Wildman–Crippen LogP) is 3.23. The smallest absolute Gasteiger partial charge is 0.186 e. The van der Waals surface area contributed by atoms with E-state index in [-0.39, 0.29) is 0 Å². The summed E-state index contributed by atoms with van der Waals surface area (Å²) in [5.74, 6) is -1.63. The van der Waals surface area contributed by atoms with Crippen LogP contribution < -0.4 is 4.90 Å². The molecule has 0 aliphatic carbocycles. The highest BCUT2D eigenvalue weighted by atomic mass is 32.1. The maximum Gasteiger partial charge on any atom is 0.186 e. The number of benzene rings is 1. The van der Waals surface area contributed by atoms with Crippen LogP contribution in [0.15, 0.2) is 17.5 Å². The van der Waals surface area contributed by atoms with Gasteiger partial charge < -0.3 is 9.64 Å². The van der Waals surface area contributed by atoms with Gasteiger partial charge in [0.25, 0.3) is 0 Å². The first kappa shape index (κ1) is 13.5. The van der Waals surface area contributed by atoms with E-state index in [0.29, 0.717) is 30.0 Å². The lowest BCUT2D eigenvalue weighted by Crippen LogP contribution is -2.36. The second-order valence-electron chi connectivity index (χ2n) is 4.65. The zero-order chi connectivity index (χ0) is 14.1. The van der Waals surface area contributed by atoms with Crippen LogP contribution in [0.25, 0.3) is 11.3 Å². The maximum absolute atomic E-state index is 13.6. The van der Waals surface area contributed by atoms with E-state index in [1.54, 1.807) is 13.0 Å². The largest absolute Gasteiger partial charge is 0.378 e.